The van der Waals surface area contributed by atoms with Gasteiger partial charge in [0.15, 0.2) is 0 Å². The quantitative estimate of drug-likeness (QED) is 0.670. The second-order valence-electron chi connectivity index (χ2n) is 3.09. The van der Waals surface area contributed by atoms with Crippen LogP contribution in [-0.2, 0) is 0 Å². The van der Waals surface area contributed by atoms with E-state index in [0.717, 1.165) is 19.5 Å². The summed E-state index contributed by atoms with van der Waals surface area (Å²) in [4.78, 5) is 0. The standard InChI is InChI=1S/C12H17NO/c14-11-5-10-13-9-4-8-12-6-2-1-3-7-12/h1-4,6-8,13-14H,5,9-11H2. The van der Waals surface area contributed by atoms with Crippen LogP contribution in [0.25, 0.3) is 6.08 Å². The minimum Gasteiger partial charge on any atom is -0.396 e. The van der Waals surface area contributed by atoms with Crippen molar-refractivity contribution in [3.8, 4) is 0 Å². The molecule has 0 bridgehead atoms. The van der Waals surface area contributed by atoms with Crippen molar-refractivity contribution >= 4 is 6.08 Å². The average molecular weight is 191 g/mol. The third-order valence-corrected chi connectivity index (χ3v) is 1.88. The van der Waals surface area contributed by atoms with Gasteiger partial charge in [-0.2, -0.15) is 0 Å². The highest BCUT2D eigenvalue weighted by Gasteiger charge is 1.84. The molecule has 2 N–H and O–H groups in total. The molecule has 1 aromatic carbocycles. The topological polar surface area (TPSA) is 32.3 Å². The minimum absolute atomic E-state index is 0.259. The monoisotopic (exact) mass is 191 g/mol. The molecule has 0 fully saturated rings. The Kier molecular flexibility index (Phi) is 5.71. The Labute approximate surface area is 85.3 Å². The van der Waals surface area contributed by atoms with Crippen LogP contribution in [0.5, 0.6) is 0 Å². The average Bonchev–Trinajstić information content (AvgIpc) is 2.25. The molecule has 0 spiro atoms. The zero-order valence-electron chi connectivity index (χ0n) is 8.32. The Bertz CT molecular complexity index is 256. The van der Waals surface area contributed by atoms with Gasteiger partial charge >= 0.3 is 0 Å². The molecule has 0 saturated heterocycles. The van der Waals surface area contributed by atoms with Crippen LogP contribution in [0.4, 0.5) is 0 Å². The van der Waals surface area contributed by atoms with Gasteiger partial charge < -0.3 is 10.4 Å². The minimum atomic E-state index is 0.259. The molecular weight excluding hydrogens is 174 g/mol. The van der Waals surface area contributed by atoms with Crippen LogP contribution in [0.2, 0.25) is 0 Å². The highest BCUT2D eigenvalue weighted by molar-refractivity contribution is 5.48. The zero-order chi connectivity index (χ0) is 10.1. The predicted octanol–water partition coefficient (Wildman–Crippen LogP) is 1.67. The fourth-order valence-electron chi connectivity index (χ4n) is 1.15. The molecule has 0 atom stereocenters. The summed E-state index contributed by atoms with van der Waals surface area (Å²) < 4.78 is 0. The molecule has 0 amide bonds. The van der Waals surface area contributed by atoms with Gasteiger partial charge in [-0.05, 0) is 18.5 Å². The molecular formula is C12H17NO. The van der Waals surface area contributed by atoms with Gasteiger partial charge in [0.2, 0.25) is 0 Å². The Balaban J connectivity index is 2.15. The van der Waals surface area contributed by atoms with Gasteiger partial charge in [0, 0.05) is 13.2 Å². The molecule has 0 aliphatic carbocycles. The normalized spacial score (nSPS) is 10.9. The van der Waals surface area contributed by atoms with Crippen LogP contribution in [0.15, 0.2) is 36.4 Å². The lowest BCUT2D eigenvalue weighted by Crippen LogP contribution is -2.15. The number of benzene rings is 1. The Morgan fingerprint density at radius 2 is 2.00 bits per heavy atom. The molecule has 0 unspecified atom stereocenters. The van der Waals surface area contributed by atoms with Crippen molar-refractivity contribution in [2.45, 2.75) is 6.42 Å². The van der Waals surface area contributed by atoms with E-state index in [1.807, 2.05) is 18.2 Å². The fraction of sp³-hybridized carbons (Fsp3) is 0.333. The highest BCUT2D eigenvalue weighted by atomic mass is 16.3. The molecule has 0 saturated carbocycles. The second-order valence-corrected chi connectivity index (χ2v) is 3.09. The van der Waals surface area contributed by atoms with Gasteiger partial charge in [0.05, 0.1) is 0 Å². The Morgan fingerprint density at radius 1 is 1.21 bits per heavy atom. The summed E-state index contributed by atoms with van der Waals surface area (Å²) in [7, 11) is 0. The molecule has 2 nitrogen and oxygen atoms in total. The number of rotatable bonds is 6. The first-order valence-electron chi connectivity index (χ1n) is 4.96. The van der Waals surface area contributed by atoms with Gasteiger partial charge in [0.1, 0.15) is 0 Å². The Morgan fingerprint density at radius 3 is 2.71 bits per heavy atom. The smallest absolute Gasteiger partial charge is 0.0443 e. The summed E-state index contributed by atoms with van der Waals surface area (Å²) in [6.07, 6.45) is 5.00. The summed E-state index contributed by atoms with van der Waals surface area (Å²) in [5.74, 6) is 0. The summed E-state index contributed by atoms with van der Waals surface area (Å²) in [6, 6.07) is 10.2. The SMILES string of the molecule is OCCCNCC=Cc1ccccc1. The van der Waals surface area contributed by atoms with Gasteiger partial charge in [0.25, 0.3) is 0 Å². The van der Waals surface area contributed by atoms with E-state index in [9.17, 15) is 0 Å². The maximum absolute atomic E-state index is 8.54. The first kappa shape index (κ1) is 11.0. The van der Waals surface area contributed by atoms with Crippen LogP contribution in [0.1, 0.15) is 12.0 Å². The molecule has 0 radical (unpaired) electrons. The number of aliphatic hydroxyl groups is 1. The van der Waals surface area contributed by atoms with Crippen molar-refractivity contribution < 1.29 is 5.11 Å². The van der Waals surface area contributed by atoms with E-state index < -0.39 is 0 Å². The molecule has 1 aromatic rings. The second kappa shape index (κ2) is 7.30. The largest absolute Gasteiger partial charge is 0.396 e. The molecule has 0 heterocycles. The molecule has 1 rings (SSSR count). The molecule has 0 aromatic heterocycles. The maximum Gasteiger partial charge on any atom is 0.0443 e. The number of nitrogens with one attached hydrogen (secondary N) is 1. The van der Waals surface area contributed by atoms with Gasteiger partial charge in [-0.25, -0.2) is 0 Å². The van der Waals surface area contributed by atoms with E-state index in [1.165, 1.54) is 5.56 Å². The molecule has 0 aliphatic heterocycles. The number of hydrogen-bond donors (Lipinski definition) is 2. The molecule has 14 heavy (non-hydrogen) atoms. The van der Waals surface area contributed by atoms with Crippen molar-refractivity contribution in [3.63, 3.8) is 0 Å². The van der Waals surface area contributed by atoms with Crippen LogP contribution in [0.3, 0.4) is 0 Å². The first-order valence-corrected chi connectivity index (χ1v) is 4.96. The van der Waals surface area contributed by atoms with Crippen LogP contribution >= 0.6 is 0 Å². The van der Waals surface area contributed by atoms with Crippen molar-refractivity contribution in [1.82, 2.24) is 5.32 Å². The van der Waals surface area contributed by atoms with Gasteiger partial charge in [-0.15, -0.1) is 0 Å². The molecule has 76 valence electrons. The van der Waals surface area contributed by atoms with Crippen molar-refractivity contribution in [1.29, 1.82) is 0 Å². The van der Waals surface area contributed by atoms with Crippen molar-refractivity contribution in [2.75, 3.05) is 19.7 Å². The summed E-state index contributed by atoms with van der Waals surface area (Å²) in [5.41, 5.74) is 1.22. The van der Waals surface area contributed by atoms with E-state index in [0.29, 0.717) is 0 Å². The zero-order valence-corrected chi connectivity index (χ0v) is 8.32. The van der Waals surface area contributed by atoms with E-state index >= 15 is 0 Å². The first-order chi connectivity index (χ1) is 6.93. The maximum atomic E-state index is 8.54. The lowest BCUT2D eigenvalue weighted by molar-refractivity contribution is 0.287. The van der Waals surface area contributed by atoms with Crippen molar-refractivity contribution in [2.24, 2.45) is 0 Å². The third-order valence-electron chi connectivity index (χ3n) is 1.88. The third kappa shape index (κ3) is 4.80. The highest BCUT2D eigenvalue weighted by Crippen LogP contribution is 1.99. The lowest BCUT2D eigenvalue weighted by Gasteiger charge is -1.97. The van der Waals surface area contributed by atoms with Crippen LogP contribution < -0.4 is 5.32 Å². The number of aliphatic hydroxyl groups excluding tert-OH is 1. The molecule has 0 aliphatic rings. The number of hydrogen-bond acceptors (Lipinski definition) is 2. The summed E-state index contributed by atoms with van der Waals surface area (Å²) >= 11 is 0. The van der Waals surface area contributed by atoms with E-state index in [1.54, 1.807) is 0 Å². The Hall–Kier alpha value is -1.12. The fourth-order valence-corrected chi connectivity index (χ4v) is 1.15. The van der Waals surface area contributed by atoms with E-state index in [2.05, 4.69) is 29.6 Å². The lowest BCUT2D eigenvalue weighted by atomic mass is 10.2. The summed E-state index contributed by atoms with van der Waals surface area (Å²) in [6.45, 7) is 1.99. The predicted molar refractivity (Wildman–Crippen MR) is 60.0 cm³/mol. The van der Waals surface area contributed by atoms with E-state index in [4.69, 9.17) is 5.11 Å². The van der Waals surface area contributed by atoms with E-state index in [-0.39, 0.29) is 6.61 Å². The molecule has 2 heteroatoms. The van der Waals surface area contributed by atoms with Gasteiger partial charge in [-0.3, -0.25) is 0 Å². The van der Waals surface area contributed by atoms with Crippen LogP contribution in [0, 0.1) is 0 Å². The van der Waals surface area contributed by atoms with Gasteiger partial charge in [-0.1, -0.05) is 42.5 Å². The van der Waals surface area contributed by atoms with Crippen LogP contribution in [-0.4, -0.2) is 24.8 Å². The summed E-state index contributed by atoms with van der Waals surface area (Å²) in [5, 5.41) is 11.8. The van der Waals surface area contributed by atoms with Crippen molar-refractivity contribution in [3.05, 3.63) is 42.0 Å².